The lowest BCUT2D eigenvalue weighted by atomic mass is 9.77. The number of fused-ring (bicyclic) bond motifs is 4. The monoisotopic (exact) mass is 358 g/mol. The van der Waals surface area contributed by atoms with Crippen molar-refractivity contribution in [1.82, 2.24) is 0 Å². The van der Waals surface area contributed by atoms with E-state index in [2.05, 4.69) is 0 Å². The third kappa shape index (κ3) is 1.78. The first-order valence-corrected chi connectivity index (χ1v) is 8.99. The van der Waals surface area contributed by atoms with Crippen molar-refractivity contribution in [2.45, 2.75) is 18.3 Å². The lowest BCUT2D eigenvalue weighted by Gasteiger charge is -2.21. The number of carbonyl (C=O) groups is 2. The molecule has 0 radical (unpaired) electrons. The minimum Gasteiger partial charge on any atom is -0.495 e. The van der Waals surface area contributed by atoms with Crippen LogP contribution in [-0.4, -0.2) is 25.8 Å². The Morgan fingerprint density at radius 2 is 1.30 bits per heavy atom. The van der Waals surface area contributed by atoms with Gasteiger partial charge < -0.3 is 9.47 Å². The number of hydrogen-bond donors (Lipinski definition) is 0. The third-order valence-corrected chi connectivity index (χ3v) is 6.00. The van der Waals surface area contributed by atoms with Gasteiger partial charge in [-0.3, -0.25) is 9.59 Å². The van der Waals surface area contributed by atoms with Crippen LogP contribution in [-0.2, 0) is 11.8 Å². The Hall–Kier alpha value is -3.14. The first-order chi connectivity index (χ1) is 13.1. The van der Waals surface area contributed by atoms with Crippen LogP contribution >= 0.6 is 0 Å². The van der Waals surface area contributed by atoms with Gasteiger partial charge in [-0.1, -0.05) is 48.5 Å². The van der Waals surface area contributed by atoms with E-state index < -0.39 is 5.41 Å². The van der Waals surface area contributed by atoms with Crippen molar-refractivity contribution >= 4 is 22.3 Å². The van der Waals surface area contributed by atoms with E-state index in [9.17, 15) is 9.59 Å². The Bertz CT molecular complexity index is 1080. The summed E-state index contributed by atoms with van der Waals surface area (Å²) in [6.45, 7) is 0. The molecule has 0 unspecified atom stereocenters. The van der Waals surface area contributed by atoms with Gasteiger partial charge in [0.2, 0.25) is 0 Å². The molecule has 4 nitrogen and oxygen atoms in total. The van der Waals surface area contributed by atoms with E-state index in [-0.39, 0.29) is 11.6 Å². The quantitative estimate of drug-likeness (QED) is 0.647. The van der Waals surface area contributed by atoms with Crippen LogP contribution in [0.25, 0.3) is 10.8 Å². The fraction of sp³-hybridized carbons (Fsp3) is 0.217. The molecule has 0 saturated heterocycles. The van der Waals surface area contributed by atoms with Gasteiger partial charge in [-0.15, -0.1) is 0 Å². The zero-order valence-corrected chi connectivity index (χ0v) is 15.2. The van der Waals surface area contributed by atoms with E-state index in [1.807, 2.05) is 48.5 Å². The van der Waals surface area contributed by atoms with Crippen molar-refractivity contribution in [2.75, 3.05) is 14.2 Å². The van der Waals surface area contributed by atoms with Gasteiger partial charge in [0.15, 0.2) is 11.6 Å². The maximum Gasteiger partial charge on any atom is 0.185 e. The second kappa shape index (κ2) is 5.43. The first kappa shape index (κ1) is 16.1. The molecule has 0 fully saturated rings. The number of rotatable bonds is 2. The summed E-state index contributed by atoms with van der Waals surface area (Å²) in [6.07, 6.45) is 1.20. The summed E-state index contributed by atoms with van der Waals surface area (Å²) in [5.74, 6) is 0.573. The number of carbonyl (C=O) groups excluding carboxylic acids is 2. The van der Waals surface area contributed by atoms with Crippen LogP contribution in [0.3, 0.4) is 0 Å². The Labute approximate surface area is 156 Å². The van der Waals surface area contributed by atoms with Crippen LogP contribution in [0.2, 0.25) is 0 Å². The number of Topliss-reactive ketones (excluding diaryl/α,β-unsaturated/α-hetero) is 2. The van der Waals surface area contributed by atoms with Crippen LogP contribution in [0, 0.1) is 0 Å². The zero-order chi connectivity index (χ0) is 18.8. The number of methoxy groups -OCH3 is 2. The fourth-order valence-electron chi connectivity index (χ4n) is 4.85. The topological polar surface area (TPSA) is 52.6 Å². The van der Waals surface area contributed by atoms with Crippen molar-refractivity contribution < 1.29 is 19.1 Å². The molecule has 0 N–H and O–H groups in total. The molecule has 0 aliphatic heterocycles. The molecule has 3 aromatic carbocycles. The van der Waals surface area contributed by atoms with Crippen LogP contribution in [0.4, 0.5) is 0 Å². The second-order valence-electron chi connectivity index (χ2n) is 7.08. The maximum absolute atomic E-state index is 13.7. The van der Waals surface area contributed by atoms with Gasteiger partial charge >= 0.3 is 0 Å². The lowest BCUT2D eigenvalue weighted by Crippen LogP contribution is -2.36. The van der Waals surface area contributed by atoms with Crippen LogP contribution in [0.5, 0.6) is 11.5 Å². The van der Waals surface area contributed by atoms with Gasteiger partial charge in [0, 0.05) is 10.8 Å². The molecule has 0 amide bonds. The average molecular weight is 358 g/mol. The summed E-state index contributed by atoms with van der Waals surface area (Å²) < 4.78 is 11.3. The van der Waals surface area contributed by atoms with Gasteiger partial charge in [0.05, 0.1) is 25.3 Å². The van der Waals surface area contributed by atoms with Crippen LogP contribution in [0.15, 0.2) is 48.5 Å². The first-order valence-electron chi connectivity index (χ1n) is 8.99. The minimum absolute atomic E-state index is 0.173. The van der Waals surface area contributed by atoms with E-state index in [0.29, 0.717) is 35.5 Å². The molecule has 2 aliphatic carbocycles. The number of aryl methyl sites for hydroxylation is 1. The van der Waals surface area contributed by atoms with Gasteiger partial charge in [-0.2, -0.15) is 0 Å². The second-order valence-corrected chi connectivity index (χ2v) is 7.08. The van der Waals surface area contributed by atoms with E-state index in [0.717, 1.165) is 21.9 Å². The van der Waals surface area contributed by atoms with Gasteiger partial charge in [-0.05, 0) is 24.0 Å². The van der Waals surface area contributed by atoms with Crippen molar-refractivity contribution in [3.8, 4) is 11.5 Å². The van der Waals surface area contributed by atoms with Gasteiger partial charge in [-0.25, -0.2) is 0 Å². The highest BCUT2D eigenvalue weighted by Gasteiger charge is 2.59. The molecule has 0 saturated carbocycles. The van der Waals surface area contributed by atoms with Crippen LogP contribution < -0.4 is 9.47 Å². The highest BCUT2D eigenvalue weighted by molar-refractivity contribution is 6.37. The summed E-state index contributed by atoms with van der Waals surface area (Å²) in [6, 6.07) is 15.3. The molecule has 0 bridgehead atoms. The molecule has 2 aliphatic rings. The Balaban J connectivity index is 1.91. The van der Waals surface area contributed by atoms with Crippen molar-refractivity contribution in [1.29, 1.82) is 0 Å². The maximum atomic E-state index is 13.7. The predicted molar refractivity (Wildman–Crippen MR) is 102 cm³/mol. The molecule has 0 heterocycles. The van der Waals surface area contributed by atoms with Gasteiger partial charge in [0.25, 0.3) is 0 Å². The summed E-state index contributed by atoms with van der Waals surface area (Å²) in [5.41, 5.74) is 1.44. The largest absolute Gasteiger partial charge is 0.495 e. The zero-order valence-electron chi connectivity index (χ0n) is 15.2. The standard InChI is InChI=1S/C23H18O4/c1-26-19-14-8-4-5-9-15(14)20(27-2)18-17(19)21(24)23(22(18)25)12-11-13-7-3-6-10-16(13)23/h3-10H,11-12H2,1-2H3. The number of benzene rings is 3. The Morgan fingerprint density at radius 1 is 0.778 bits per heavy atom. The molecule has 5 rings (SSSR count). The minimum atomic E-state index is -1.16. The van der Waals surface area contributed by atoms with Crippen LogP contribution in [0.1, 0.15) is 38.3 Å². The number of hydrogen-bond acceptors (Lipinski definition) is 4. The highest BCUT2D eigenvalue weighted by atomic mass is 16.5. The molecular formula is C23H18O4. The smallest absolute Gasteiger partial charge is 0.185 e. The van der Waals surface area contributed by atoms with Crippen molar-refractivity contribution in [3.05, 3.63) is 70.8 Å². The molecule has 4 heteroatoms. The summed E-state index contributed by atoms with van der Waals surface area (Å²) in [5, 5.41) is 1.56. The third-order valence-electron chi connectivity index (χ3n) is 6.00. The fourth-order valence-corrected chi connectivity index (χ4v) is 4.85. The number of ether oxygens (including phenoxy) is 2. The molecule has 3 aromatic rings. The Kier molecular flexibility index (Phi) is 3.23. The summed E-state index contributed by atoms with van der Waals surface area (Å²) in [7, 11) is 3.08. The predicted octanol–water partition coefficient (Wildman–Crippen LogP) is 4.12. The molecule has 27 heavy (non-hydrogen) atoms. The van der Waals surface area contributed by atoms with Crippen molar-refractivity contribution in [3.63, 3.8) is 0 Å². The molecule has 1 spiro atoms. The van der Waals surface area contributed by atoms with E-state index in [4.69, 9.17) is 9.47 Å². The normalized spacial score (nSPS) is 16.7. The molecule has 134 valence electrons. The number of ketones is 2. The lowest BCUT2D eigenvalue weighted by molar-refractivity contribution is 0.0793. The molecule has 0 atom stereocenters. The van der Waals surface area contributed by atoms with E-state index in [1.165, 1.54) is 0 Å². The van der Waals surface area contributed by atoms with E-state index in [1.54, 1.807) is 14.2 Å². The van der Waals surface area contributed by atoms with Crippen molar-refractivity contribution in [2.24, 2.45) is 0 Å². The summed E-state index contributed by atoms with van der Waals surface area (Å²) >= 11 is 0. The van der Waals surface area contributed by atoms with Gasteiger partial charge in [0.1, 0.15) is 16.9 Å². The molecule has 0 aromatic heterocycles. The average Bonchev–Trinajstić information content (AvgIpc) is 3.20. The highest BCUT2D eigenvalue weighted by Crippen LogP contribution is 2.54. The molecular weight excluding hydrogens is 340 g/mol. The Morgan fingerprint density at radius 3 is 1.85 bits per heavy atom. The summed E-state index contributed by atoms with van der Waals surface area (Å²) in [4.78, 5) is 27.5. The van der Waals surface area contributed by atoms with E-state index >= 15 is 0 Å². The SMILES string of the molecule is COc1c2c(c(OC)c3ccccc13)C(=O)C1(CCc3ccccc31)C2=O.